The number of halogens is 1. The number of nitrogens with zero attached hydrogens (tertiary/aromatic N) is 1. The number of aromatic nitrogens is 2. The predicted molar refractivity (Wildman–Crippen MR) is 148 cm³/mol. The largest absolute Gasteiger partial charge is 0.496 e. The van der Waals surface area contributed by atoms with E-state index in [1.807, 2.05) is 55.5 Å². The van der Waals surface area contributed by atoms with Gasteiger partial charge < -0.3 is 20.1 Å². The summed E-state index contributed by atoms with van der Waals surface area (Å²) in [4.78, 5) is 33.4. The molecule has 5 aromatic rings. The number of carbonyl (C=O) groups excluding carboxylic acids is 1. The second-order valence-electron chi connectivity index (χ2n) is 8.80. The molecule has 190 valence electrons. The minimum absolute atomic E-state index is 0.0257. The third-order valence-electron chi connectivity index (χ3n) is 6.38. The van der Waals surface area contributed by atoms with Crippen LogP contribution in [-0.4, -0.2) is 34.1 Å². The van der Waals surface area contributed by atoms with Crippen molar-refractivity contribution in [3.05, 3.63) is 107 Å². The van der Waals surface area contributed by atoms with Crippen molar-refractivity contribution in [3.8, 4) is 28.3 Å². The van der Waals surface area contributed by atoms with Gasteiger partial charge in [-0.1, -0.05) is 48.0 Å². The Bertz CT molecular complexity index is 1640. The normalized spacial score (nSPS) is 11.8. The first kappa shape index (κ1) is 25.0. The van der Waals surface area contributed by atoms with Gasteiger partial charge in [-0.05, 0) is 66.6 Å². The lowest BCUT2D eigenvalue weighted by Gasteiger charge is -2.18. The van der Waals surface area contributed by atoms with Crippen molar-refractivity contribution in [2.45, 2.75) is 13.0 Å². The van der Waals surface area contributed by atoms with Crippen molar-refractivity contribution in [1.82, 2.24) is 15.3 Å². The summed E-state index contributed by atoms with van der Waals surface area (Å²) in [6, 6.07) is 24.5. The van der Waals surface area contributed by atoms with Gasteiger partial charge in [-0.2, -0.15) is 0 Å². The number of fused-ring (bicyclic) bond motifs is 1. The number of carbonyl (C=O) groups is 2. The van der Waals surface area contributed by atoms with E-state index in [-0.39, 0.29) is 17.2 Å². The van der Waals surface area contributed by atoms with Crippen LogP contribution in [0.5, 0.6) is 5.75 Å². The number of para-hydroxylation sites is 3. The van der Waals surface area contributed by atoms with E-state index >= 15 is 0 Å². The SMILES string of the molecule is COc1ccccc1C(C)NC(=O)c1ccc(-c2cc(Cl)ccc2-c2nc3ccccc3[nH]2)c(C(=O)O)c1. The van der Waals surface area contributed by atoms with Crippen LogP contribution in [0.1, 0.15) is 39.2 Å². The van der Waals surface area contributed by atoms with E-state index in [0.29, 0.717) is 33.3 Å². The molecule has 0 aliphatic carbocycles. The average Bonchev–Trinajstić information content (AvgIpc) is 3.36. The summed E-state index contributed by atoms with van der Waals surface area (Å²) in [7, 11) is 1.57. The van der Waals surface area contributed by atoms with Gasteiger partial charge in [0, 0.05) is 21.7 Å². The molecular weight excluding hydrogens is 502 g/mol. The third-order valence-corrected chi connectivity index (χ3v) is 6.62. The highest BCUT2D eigenvalue weighted by Gasteiger charge is 2.21. The number of amides is 1. The van der Waals surface area contributed by atoms with Crippen molar-refractivity contribution >= 4 is 34.5 Å². The van der Waals surface area contributed by atoms with E-state index in [1.165, 1.54) is 6.07 Å². The lowest BCUT2D eigenvalue weighted by atomic mass is 9.93. The Labute approximate surface area is 224 Å². The molecule has 0 fully saturated rings. The Hall–Kier alpha value is -4.62. The van der Waals surface area contributed by atoms with Gasteiger partial charge in [-0.15, -0.1) is 0 Å². The van der Waals surface area contributed by atoms with Crippen LogP contribution in [0, 0.1) is 0 Å². The summed E-state index contributed by atoms with van der Waals surface area (Å²) in [5, 5.41) is 13.5. The molecule has 4 aromatic carbocycles. The summed E-state index contributed by atoms with van der Waals surface area (Å²) in [5.74, 6) is -0.327. The Morgan fingerprint density at radius 1 is 0.947 bits per heavy atom. The molecule has 5 rings (SSSR count). The molecule has 0 aliphatic rings. The fourth-order valence-electron chi connectivity index (χ4n) is 4.51. The summed E-state index contributed by atoms with van der Waals surface area (Å²) < 4.78 is 5.40. The van der Waals surface area contributed by atoms with Crippen molar-refractivity contribution in [2.75, 3.05) is 7.11 Å². The molecule has 1 aromatic heterocycles. The van der Waals surface area contributed by atoms with Gasteiger partial charge in [0.25, 0.3) is 5.91 Å². The second kappa shape index (κ2) is 10.4. The quantitative estimate of drug-likeness (QED) is 0.218. The van der Waals surface area contributed by atoms with Crippen LogP contribution < -0.4 is 10.1 Å². The maximum atomic E-state index is 13.1. The van der Waals surface area contributed by atoms with E-state index in [2.05, 4.69) is 15.3 Å². The Morgan fingerprint density at radius 2 is 1.68 bits per heavy atom. The van der Waals surface area contributed by atoms with E-state index in [0.717, 1.165) is 16.6 Å². The highest BCUT2D eigenvalue weighted by atomic mass is 35.5. The van der Waals surface area contributed by atoms with E-state index in [4.69, 9.17) is 16.3 Å². The van der Waals surface area contributed by atoms with Crippen molar-refractivity contribution in [2.24, 2.45) is 0 Å². The first-order chi connectivity index (χ1) is 18.4. The number of rotatable bonds is 7. The van der Waals surface area contributed by atoms with E-state index in [9.17, 15) is 14.7 Å². The molecule has 0 bridgehead atoms. The minimum Gasteiger partial charge on any atom is -0.496 e. The number of H-pyrrole nitrogens is 1. The number of ether oxygens (including phenoxy) is 1. The van der Waals surface area contributed by atoms with Gasteiger partial charge in [0.1, 0.15) is 11.6 Å². The third kappa shape index (κ3) is 4.84. The van der Waals surface area contributed by atoms with Crippen molar-refractivity contribution in [1.29, 1.82) is 0 Å². The number of imidazole rings is 1. The number of benzene rings is 4. The van der Waals surface area contributed by atoms with Gasteiger partial charge in [-0.3, -0.25) is 4.79 Å². The standard InChI is InChI=1S/C30H24ClN3O4/c1-17(20-7-3-6-10-27(20)38-2)32-29(35)18-11-13-21(24(15-18)30(36)37)23-16-19(31)12-14-22(23)28-33-25-8-4-5-9-26(25)34-28/h3-17H,1-2H3,(H,32,35)(H,33,34)(H,36,37). The smallest absolute Gasteiger partial charge is 0.336 e. The number of nitrogens with one attached hydrogen (secondary N) is 2. The van der Waals surface area contributed by atoms with Crippen LogP contribution in [0.25, 0.3) is 33.5 Å². The van der Waals surface area contributed by atoms with Crippen LogP contribution >= 0.6 is 11.6 Å². The molecule has 1 atom stereocenters. The summed E-state index contributed by atoms with van der Waals surface area (Å²) in [5.41, 5.74) is 4.36. The van der Waals surface area contributed by atoms with E-state index in [1.54, 1.807) is 37.4 Å². The number of carboxylic acid groups (broad SMARTS) is 1. The molecular formula is C30H24ClN3O4. The number of aromatic carboxylic acids is 1. The summed E-state index contributed by atoms with van der Waals surface area (Å²) in [6.45, 7) is 1.84. The van der Waals surface area contributed by atoms with Gasteiger partial charge in [-0.25, -0.2) is 9.78 Å². The molecule has 3 N–H and O–H groups in total. The molecule has 0 aliphatic heterocycles. The molecule has 0 spiro atoms. The van der Waals surface area contributed by atoms with Gasteiger partial charge >= 0.3 is 5.97 Å². The molecule has 1 unspecified atom stereocenters. The van der Waals surface area contributed by atoms with Crippen LogP contribution in [0.3, 0.4) is 0 Å². The zero-order valence-corrected chi connectivity index (χ0v) is 21.4. The summed E-state index contributed by atoms with van der Waals surface area (Å²) in [6.07, 6.45) is 0. The molecule has 0 radical (unpaired) electrons. The molecule has 1 heterocycles. The zero-order chi connectivity index (χ0) is 26.8. The Kier molecular flexibility index (Phi) is 6.85. The van der Waals surface area contributed by atoms with Crippen LogP contribution in [0.2, 0.25) is 5.02 Å². The van der Waals surface area contributed by atoms with Crippen molar-refractivity contribution < 1.29 is 19.4 Å². The highest BCUT2D eigenvalue weighted by molar-refractivity contribution is 6.31. The van der Waals surface area contributed by atoms with Crippen LogP contribution in [0.15, 0.2) is 84.9 Å². The second-order valence-corrected chi connectivity index (χ2v) is 9.23. The Balaban J connectivity index is 1.53. The fraction of sp³-hybridized carbons (Fsp3) is 0.100. The van der Waals surface area contributed by atoms with Crippen LogP contribution in [-0.2, 0) is 0 Å². The number of hydrogen-bond donors (Lipinski definition) is 3. The lowest BCUT2D eigenvalue weighted by Crippen LogP contribution is -2.27. The fourth-order valence-corrected chi connectivity index (χ4v) is 4.68. The molecule has 7 nitrogen and oxygen atoms in total. The molecule has 8 heteroatoms. The molecule has 1 amide bonds. The van der Waals surface area contributed by atoms with Crippen molar-refractivity contribution in [3.63, 3.8) is 0 Å². The average molecular weight is 526 g/mol. The minimum atomic E-state index is -1.16. The molecule has 38 heavy (non-hydrogen) atoms. The maximum absolute atomic E-state index is 13.1. The van der Waals surface area contributed by atoms with E-state index < -0.39 is 11.9 Å². The zero-order valence-electron chi connectivity index (χ0n) is 20.7. The number of methoxy groups -OCH3 is 1. The topological polar surface area (TPSA) is 104 Å². The highest BCUT2D eigenvalue weighted by Crippen LogP contribution is 2.36. The predicted octanol–water partition coefficient (Wildman–Crippen LogP) is 6.75. The number of hydrogen-bond acceptors (Lipinski definition) is 4. The summed E-state index contributed by atoms with van der Waals surface area (Å²) >= 11 is 6.33. The number of carboxylic acids is 1. The first-order valence-electron chi connectivity index (χ1n) is 11.9. The van der Waals surface area contributed by atoms with Gasteiger partial charge in [0.2, 0.25) is 0 Å². The maximum Gasteiger partial charge on any atom is 0.336 e. The Morgan fingerprint density at radius 3 is 2.45 bits per heavy atom. The molecule has 0 saturated carbocycles. The van der Waals surface area contributed by atoms with Gasteiger partial charge in [0.05, 0.1) is 29.7 Å². The monoisotopic (exact) mass is 525 g/mol. The lowest BCUT2D eigenvalue weighted by molar-refractivity contribution is 0.0697. The number of aromatic amines is 1. The van der Waals surface area contributed by atoms with Gasteiger partial charge in [0.15, 0.2) is 0 Å². The van der Waals surface area contributed by atoms with Crippen LogP contribution in [0.4, 0.5) is 0 Å². The molecule has 0 saturated heterocycles. The first-order valence-corrected chi connectivity index (χ1v) is 12.3.